The smallest absolute Gasteiger partial charge is 0.314 e. The van der Waals surface area contributed by atoms with Crippen LogP contribution in [0, 0.1) is 5.92 Å². The first-order chi connectivity index (χ1) is 10.3. The molecular formula is C16H31N3O2. The number of carbonyl (C=O) groups excluding carboxylic acids is 1. The molecule has 2 amide bonds. The lowest BCUT2D eigenvalue weighted by molar-refractivity contribution is 0.0209. The zero-order valence-corrected chi connectivity index (χ0v) is 13.4. The van der Waals surface area contributed by atoms with Crippen LogP contribution in [0.4, 0.5) is 4.79 Å². The lowest BCUT2D eigenvalue weighted by Gasteiger charge is -2.32. The van der Waals surface area contributed by atoms with Gasteiger partial charge in [-0.2, -0.15) is 0 Å². The topological polar surface area (TPSA) is 53.6 Å². The molecule has 1 aliphatic carbocycles. The van der Waals surface area contributed by atoms with Gasteiger partial charge in [0, 0.05) is 32.2 Å². The quantitative estimate of drug-likeness (QED) is 0.788. The van der Waals surface area contributed by atoms with E-state index >= 15 is 0 Å². The first kappa shape index (κ1) is 16.6. The molecule has 5 heteroatoms. The molecule has 122 valence electrons. The van der Waals surface area contributed by atoms with Crippen molar-refractivity contribution in [2.45, 2.75) is 51.5 Å². The Bertz CT molecular complexity index is 300. The van der Waals surface area contributed by atoms with E-state index < -0.39 is 0 Å². The maximum absolute atomic E-state index is 11.8. The third-order valence-electron chi connectivity index (χ3n) is 4.79. The van der Waals surface area contributed by atoms with Crippen LogP contribution in [0.15, 0.2) is 0 Å². The first-order valence-corrected chi connectivity index (χ1v) is 8.59. The highest BCUT2D eigenvalue weighted by atomic mass is 16.5. The number of urea groups is 1. The molecule has 0 bridgehead atoms. The largest absolute Gasteiger partial charge is 0.379 e. The fourth-order valence-corrected chi connectivity index (χ4v) is 3.32. The van der Waals surface area contributed by atoms with Crippen LogP contribution in [0.25, 0.3) is 0 Å². The van der Waals surface area contributed by atoms with E-state index in [1.54, 1.807) is 0 Å². The van der Waals surface area contributed by atoms with Crippen LogP contribution in [-0.4, -0.2) is 56.4 Å². The molecule has 1 heterocycles. The molecule has 2 fully saturated rings. The van der Waals surface area contributed by atoms with Crippen molar-refractivity contribution >= 4 is 6.03 Å². The van der Waals surface area contributed by atoms with E-state index in [2.05, 4.69) is 22.5 Å². The zero-order chi connectivity index (χ0) is 14.9. The Hall–Kier alpha value is -0.810. The summed E-state index contributed by atoms with van der Waals surface area (Å²) in [5, 5.41) is 5.98. The summed E-state index contributed by atoms with van der Waals surface area (Å²) in [5.41, 5.74) is 0. The second-order valence-electron chi connectivity index (χ2n) is 6.43. The molecule has 2 aliphatic rings. The van der Waals surface area contributed by atoms with Gasteiger partial charge in [0.25, 0.3) is 0 Å². The number of morpholine rings is 1. The van der Waals surface area contributed by atoms with Crippen molar-refractivity contribution in [2.75, 3.05) is 39.4 Å². The molecule has 5 nitrogen and oxygen atoms in total. The predicted octanol–water partition coefficient (Wildman–Crippen LogP) is 1.98. The molecule has 2 rings (SSSR count). The van der Waals surface area contributed by atoms with E-state index in [0.29, 0.717) is 12.6 Å². The van der Waals surface area contributed by atoms with Crippen LogP contribution in [0.5, 0.6) is 0 Å². The van der Waals surface area contributed by atoms with Crippen LogP contribution in [0.1, 0.15) is 45.4 Å². The maximum atomic E-state index is 11.8. The van der Waals surface area contributed by atoms with E-state index in [1.165, 1.54) is 32.1 Å². The third-order valence-corrected chi connectivity index (χ3v) is 4.79. The molecule has 0 aromatic rings. The number of rotatable bonds is 6. The van der Waals surface area contributed by atoms with Crippen LogP contribution in [-0.2, 0) is 4.74 Å². The van der Waals surface area contributed by atoms with Crippen LogP contribution < -0.4 is 10.6 Å². The van der Waals surface area contributed by atoms with Gasteiger partial charge >= 0.3 is 6.03 Å². The van der Waals surface area contributed by atoms with E-state index in [9.17, 15) is 4.79 Å². The molecule has 1 aliphatic heterocycles. The Morgan fingerprint density at radius 3 is 2.62 bits per heavy atom. The second-order valence-corrected chi connectivity index (χ2v) is 6.43. The Morgan fingerprint density at radius 1 is 1.19 bits per heavy atom. The van der Waals surface area contributed by atoms with Gasteiger partial charge in [-0.25, -0.2) is 4.79 Å². The van der Waals surface area contributed by atoms with Crippen molar-refractivity contribution in [3.8, 4) is 0 Å². The van der Waals surface area contributed by atoms with Gasteiger partial charge in [0.05, 0.1) is 13.2 Å². The molecule has 2 N–H and O–H groups in total. The van der Waals surface area contributed by atoms with Gasteiger partial charge in [0.1, 0.15) is 0 Å². The molecule has 0 radical (unpaired) electrons. The van der Waals surface area contributed by atoms with Gasteiger partial charge in [-0.15, -0.1) is 0 Å². The molecule has 0 spiro atoms. The van der Waals surface area contributed by atoms with Crippen molar-refractivity contribution < 1.29 is 9.53 Å². The summed E-state index contributed by atoms with van der Waals surface area (Å²) in [6, 6.07) is 0.351. The van der Waals surface area contributed by atoms with Gasteiger partial charge in [0.2, 0.25) is 0 Å². The van der Waals surface area contributed by atoms with Crippen LogP contribution in [0.3, 0.4) is 0 Å². The summed E-state index contributed by atoms with van der Waals surface area (Å²) in [6.45, 7) is 7.21. The molecule has 1 saturated carbocycles. The third kappa shape index (κ3) is 6.22. The highest BCUT2D eigenvalue weighted by Gasteiger charge is 2.17. The number of hydrogen-bond donors (Lipinski definition) is 2. The average Bonchev–Trinajstić information content (AvgIpc) is 2.54. The Kier molecular flexibility index (Phi) is 7.30. The number of amides is 2. The molecular weight excluding hydrogens is 266 g/mol. The zero-order valence-electron chi connectivity index (χ0n) is 13.4. The summed E-state index contributed by atoms with van der Waals surface area (Å²) in [7, 11) is 0. The van der Waals surface area contributed by atoms with Gasteiger partial charge < -0.3 is 15.4 Å². The molecule has 1 atom stereocenters. The van der Waals surface area contributed by atoms with Crippen molar-refractivity contribution in [3.63, 3.8) is 0 Å². The fourth-order valence-electron chi connectivity index (χ4n) is 3.32. The standard InChI is InChI=1S/C16H31N3O2/c1-14(19-9-11-21-12-10-19)13-18-16(20)17-8-7-15-5-3-2-4-6-15/h14-15H,2-13H2,1H3,(H2,17,18,20). The number of hydrogen-bond acceptors (Lipinski definition) is 3. The second kappa shape index (κ2) is 9.26. The summed E-state index contributed by atoms with van der Waals surface area (Å²) >= 11 is 0. The lowest BCUT2D eigenvalue weighted by Crippen LogP contribution is -2.49. The number of nitrogens with zero attached hydrogens (tertiary/aromatic N) is 1. The van der Waals surface area contributed by atoms with E-state index in [-0.39, 0.29) is 6.03 Å². The van der Waals surface area contributed by atoms with E-state index in [1.807, 2.05) is 0 Å². The van der Waals surface area contributed by atoms with Crippen molar-refractivity contribution in [1.82, 2.24) is 15.5 Å². The van der Waals surface area contributed by atoms with Crippen LogP contribution in [0.2, 0.25) is 0 Å². The van der Waals surface area contributed by atoms with Gasteiger partial charge in [0.15, 0.2) is 0 Å². The number of ether oxygens (including phenoxy) is 1. The number of nitrogens with one attached hydrogen (secondary N) is 2. The Balaban J connectivity index is 1.52. The minimum absolute atomic E-state index is 0.0223. The predicted molar refractivity (Wildman–Crippen MR) is 84.4 cm³/mol. The fraction of sp³-hybridized carbons (Fsp3) is 0.938. The highest BCUT2D eigenvalue weighted by Crippen LogP contribution is 2.25. The normalized spacial score (nSPS) is 22.7. The molecule has 1 saturated heterocycles. The Labute approximate surface area is 128 Å². The maximum Gasteiger partial charge on any atom is 0.314 e. The van der Waals surface area contributed by atoms with E-state index in [0.717, 1.165) is 45.2 Å². The first-order valence-electron chi connectivity index (χ1n) is 8.59. The minimum Gasteiger partial charge on any atom is -0.379 e. The molecule has 0 aromatic heterocycles. The van der Waals surface area contributed by atoms with Gasteiger partial charge in [-0.05, 0) is 19.3 Å². The summed E-state index contributed by atoms with van der Waals surface area (Å²) in [5.74, 6) is 0.825. The van der Waals surface area contributed by atoms with Crippen LogP contribution >= 0.6 is 0 Å². The summed E-state index contributed by atoms with van der Waals surface area (Å²) in [4.78, 5) is 14.2. The monoisotopic (exact) mass is 297 g/mol. The molecule has 21 heavy (non-hydrogen) atoms. The molecule has 0 aromatic carbocycles. The molecule has 1 unspecified atom stereocenters. The highest BCUT2D eigenvalue weighted by molar-refractivity contribution is 5.73. The minimum atomic E-state index is -0.0223. The SMILES string of the molecule is CC(CNC(=O)NCCC1CCCCC1)N1CCOCC1. The summed E-state index contributed by atoms with van der Waals surface area (Å²) in [6.07, 6.45) is 7.95. The van der Waals surface area contributed by atoms with Crippen molar-refractivity contribution in [2.24, 2.45) is 5.92 Å². The Morgan fingerprint density at radius 2 is 1.90 bits per heavy atom. The van der Waals surface area contributed by atoms with Gasteiger partial charge in [-0.3, -0.25) is 4.90 Å². The van der Waals surface area contributed by atoms with Crippen molar-refractivity contribution in [3.05, 3.63) is 0 Å². The van der Waals surface area contributed by atoms with Gasteiger partial charge in [-0.1, -0.05) is 32.1 Å². The van der Waals surface area contributed by atoms with Crippen molar-refractivity contribution in [1.29, 1.82) is 0 Å². The lowest BCUT2D eigenvalue weighted by atomic mass is 9.87. The summed E-state index contributed by atoms with van der Waals surface area (Å²) < 4.78 is 5.34. The van der Waals surface area contributed by atoms with E-state index in [4.69, 9.17) is 4.74 Å². The average molecular weight is 297 g/mol. The number of carbonyl (C=O) groups is 1.